The molecule has 0 saturated heterocycles. The Morgan fingerprint density at radius 3 is 2.75 bits per heavy atom. The molecule has 1 saturated carbocycles. The van der Waals surface area contributed by atoms with Crippen molar-refractivity contribution in [3.63, 3.8) is 0 Å². The number of ether oxygens (including phenoxy) is 2. The standard InChI is InChI=1S/C16H24FNO2/c1-19-10-9-18-12-13-7-8-16(15(17)11-13)20-14-5-3-2-4-6-14/h7-8,11,14,18H,2-6,9-10,12H2,1H3. The van der Waals surface area contributed by atoms with Crippen molar-refractivity contribution in [3.05, 3.63) is 29.6 Å². The fourth-order valence-corrected chi connectivity index (χ4v) is 2.52. The molecule has 1 N–H and O–H groups in total. The van der Waals surface area contributed by atoms with Crippen LogP contribution in [0.25, 0.3) is 0 Å². The Labute approximate surface area is 120 Å². The van der Waals surface area contributed by atoms with Crippen LogP contribution in [0.5, 0.6) is 5.75 Å². The van der Waals surface area contributed by atoms with Gasteiger partial charge in [-0.25, -0.2) is 4.39 Å². The minimum atomic E-state index is -0.262. The van der Waals surface area contributed by atoms with Crippen molar-refractivity contribution in [1.29, 1.82) is 0 Å². The largest absolute Gasteiger partial charge is 0.487 e. The van der Waals surface area contributed by atoms with Crippen LogP contribution in [-0.4, -0.2) is 26.4 Å². The molecule has 0 spiro atoms. The van der Waals surface area contributed by atoms with E-state index in [-0.39, 0.29) is 11.9 Å². The normalized spacial score (nSPS) is 16.3. The van der Waals surface area contributed by atoms with Gasteiger partial charge in [-0.3, -0.25) is 0 Å². The van der Waals surface area contributed by atoms with E-state index in [0.29, 0.717) is 18.9 Å². The first kappa shape index (κ1) is 15.3. The summed E-state index contributed by atoms with van der Waals surface area (Å²) in [4.78, 5) is 0. The zero-order valence-corrected chi connectivity index (χ0v) is 12.2. The lowest BCUT2D eigenvalue weighted by Gasteiger charge is -2.23. The lowest BCUT2D eigenvalue weighted by atomic mass is 9.98. The fraction of sp³-hybridized carbons (Fsp3) is 0.625. The van der Waals surface area contributed by atoms with Crippen LogP contribution in [0, 0.1) is 5.82 Å². The zero-order valence-electron chi connectivity index (χ0n) is 12.2. The Balaban J connectivity index is 1.85. The molecular formula is C16H24FNO2. The van der Waals surface area contributed by atoms with Gasteiger partial charge in [-0.1, -0.05) is 12.5 Å². The third-order valence-electron chi connectivity index (χ3n) is 3.65. The maximum absolute atomic E-state index is 14.0. The Bertz CT molecular complexity index is 405. The Kier molecular flexibility index (Phi) is 6.27. The van der Waals surface area contributed by atoms with Gasteiger partial charge in [0, 0.05) is 20.2 Å². The molecule has 112 valence electrons. The van der Waals surface area contributed by atoms with Gasteiger partial charge < -0.3 is 14.8 Å². The molecule has 0 atom stereocenters. The molecule has 2 rings (SSSR count). The van der Waals surface area contributed by atoms with Crippen LogP contribution in [0.3, 0.4) is 0 Å². The van der Waals surface area contributed by atoms with Crippen LogP contribution in [0.1, 0.15) is 37.7 Å². The summed E-state index contributed by atoms with van der Waals surface area (Å²) in [5, 5.41) is 3.20. The molecule has 0 aromatic heterocycles. The van der Waals surface area contributed by atoms with E-state index in [1.807, 2.05) is 6.07 Å². The van der Waals surface area contributed by atoms with Crippen molar-refractivity contribution in [3.8, 4) is 5.75 Å². The number of benzene rings is 1. The summed E-state index contributed by atoms with van der Waals surface area (Å²) in [6, 6.07) is 5.22. The lowest BCUT2D eigenvalue weighted by molar-refractivity contribution is 0.148. The van der Waals surface area contributed by atoms with E-state index in [9.17, 15) is 4.39 Å². The fourth-order valence-electron chi connectivity index (χ4n) is 2.52. The third-order valence-corrected chi connectivity index (χ3v) is 3.65. The second-order valence-corrected chi connectivity index (χ2v) is 5.31. The summed E-state index contributed by atoms with van der Waals surface area (Å²) < 4.78 is 24.7. The van der Waals surface area contributed by atoms with Gasteiger partial charge in [-0.2, -0.15) is 0 Å². The maximum atomic E-state index is 14.0. The van der Waals surface area contributed by atoms with Crippen molar-refractivity contribution in [2.45, 2.75) is 44.8 Å². The van der Waals surface area contributed by atoms with Gasteiger partial charge in [0.15, 0.2) is 11.6 Å². The predicted molar refractivity (Wildman–Crippen MR) is 77.5 cm³/mol. The first-order valence-corrected chi connectivity index (χ1v) is 7.44. The molecule has 0 aliphatic heterocycles. The van der Waals surface area contributed by atoms with E-state index in [1.54, 1.807) is 19.2 Å². The molecule has 1 aliphatic rings. The molecule has 0 heterocycles. The van der Waals surface area contributed by atoms with E-state index in [4.69, 9.17) is 9.47 Å². The second-order valence-electron chi connectivity index (χ2n) is 5.31. The van der Waals surface area contributed by atoms with Crippen molar-refractivity contribution < 1.29 is 13.9 Å². The van der Waals surface area contributed by atoms with Crippen molar-refractivity contribution in [2.75, 3.05) is 20.3 Å². The number of hydrogen-bond acceptors (Lipinski definition) is 3. The molecule has 4 heteroatoms. The summed E-state index contributed by atoms with van der Waals surface area (Å²) in [6.45, 7) is 2.06. The van der Waals surface area contributed by atoms with E-state index in [2.05, 4.69) is 5.32 Å². The number of methoxy groups -OCH3 is 1. The smallest absolute Gasteiger partial charge is 0.165 e. The van der Waals surface area contributed by atoms with Crippen molar-refractivity contribution >= 4 is 0 Å². The molecule has 0 unspecified atom stereocenters. The van der Waals surface area contributed by atoms with Crippen LogP contribution >= 0.6 is 0 Å². The molecule has 3 nitrogen and oxygen atoms in total. The maximum Gasteiger partial charge on any atom is 0.165 e. The lowest BCUT2D eigenvalue weighted by Crippen LogP contribution is -2.20. The average molecular weight is 281 g/mol. The molecule has 0 amide bonds. The number of nitrogens with one attached hydrogen (secondary N) is 1. The van der Waals surface area contributed by atoms with Crippen molar-refractivity contribution in [2.24, 2.45) is 0 Å². The van der Waals surface area contributed by atoms with Crippen LogP contribution in [-0.2, 0) is 11.3 Å². The minimum absolute atomic E-state index is 0.184. The summed E-state index contributed by atoms with van der Waals surface area (Å²) in [5.74, 6) is 0.124. The highest BCUT2D eigenvalue weighted by Gasteiger charge is 2.16. The topological polar surface area (TPSA) is 30.5 Å². The first-order valence-electron chi connectivity index (χ1n) is 7.44. The number of hydrogen-bond donors (Lipinski definition) is 1. The summed E-state index contributed by atoms with van der Waals surface area (Å²) in [6.07, 6.45) is 5.92. The van der Waals surface area contributed by atoms with Gasteiger partial charge in [-0.05, 0) is 43.4 Å². The minimum Gasteiger partial charge on any atom is -0.487 e. The zero-order chi connectivity index (χ0) is 14.2. The highest BCUT2D eigenvalue weighted by atomic mass is 19.1. The van der Waals surface area contributed by atoms with E-state index < -0.39 is 0 Å². The predicted octanol–water partition coefficient (Wildman–Crippen LogP) is 3.27. The Morgan fingerprint density at radius 2 is 2.05 bits per heavy atom. The summed E-state index contributed by atoms with van der Waals surface area (Å²) in [7, 11) is 1.67. The Hall–Kier alpha value is -1.13. The van der Waals surface area contributed by atoms with Gasteiger partial charge in [0.1, 0.15) is 0 Å². The van der Waals surface area contributed by atoms with Gasteiger partial charge in [0.25, 0.3) is 0 Å². The second kappa shape index (κ2) is 8.22. The third kappa shape index (κ3) is 4.76. The quantitative estimate of drug-likeness (QED) is 0.778. The van der Waals surface area contributed by atoms with Gasteiger partial charge in [0.2, 0.25) is 0 Å². The molecule has 0 bridgehead atoms. The van der Waals surface area contributed by atoms with E-state index >= 15 is 0 Å². The number of halogens is 1. The molecule has 20 heavy (non-hydrogen) atoms. The molecule has 1 aromatic rings. The SMILES string of the molecule is COCCNCc1ccc(OC2CCCCC2)c(F)c1. The Morgan fingerprint density at radius 1 is 1.25 bits per heavy atom. The summed E-state index contributed by atoms with van der Waals surface area (Å²) in [5.41, 5.74) is 0.926. The first-order chi connectivity index (χ1) is 9.79. The summed E-state index contributed by atoms with van der Waals surface area (Å²) >= 11 is 0. The van der Waals surface area contributed by atoms with Gasteiger partial charge >= 0.3 is 0 Å². The van der Waals surface area contributed by atoms with Gasteiger partial charge in [-0.15, -0.1) is 0 Å². The molecule has 1 fully saturated rings. The molecule has 1 aromatic carbocycles. The van der Waals surface area contributed by atoms with Crippen LogP contribution in [0.4, 0.5) is 4.39 Å². The van der Waals surface area contributed by atoms with E-state index in [1.165, 1.54) is 19.3 Å². The van der Waals surface area contributed by atoms with Gasteiger partial charge in [0.05, 0.1) is 12.7 Å². The van der Waals surface area contributed by atoms with Crippen LogP contribution in [0.2, 0.25) is 0 Å². The average Bonchev–Trinajstić information content (AvgIpc) is 2.47. The van der Waals surface area contributed by atoms with Crippen LogP contribution in [0.15, 0.2) is 18.2 Å². The molecule has 1 aliphatic carbocycles. The highest BCUT2D eigenvalue weighted by Crippen LogP contribution is 2.25. The van der Waals surface area contributed by atoms with E-state index in [0.717, 1.165) is 24.9 Å². The number of rotatable bonds is 7. The molecular weight excluding hydrogens is 257 g/mol. The van der Waals surface area contributed by atoms with Crippen molar-refractivity contribution in [1.82, 2.24) is 5.32 Å². The molecule has 0 radical (unpaired) electrons. The highest BCUT2D eigenvalue weighted by molar-refractivity contribution is 5.29. The monoisotopic (exact) mass is 281 g/mol. The van der Waals surface area contributed by atoms with Crippen LogP contribution < -0.4 is 10.1 Å².